The first-order valence-corrected chi connectivity index (χ1v) is 7.17. The second-order valence-corrected chi connectivity index (χ2v) is 5.14. The molecule has 0 aliphatic carbocycles. The number of hydrazine groups is 1. The zero-order valence-corrected chi connectivity index (χ0v) is 12.6. The molecule has 1 aliphatic heterocycles. The highest BCUT2D eigenvalue weighted by Crippen LogP contribution is 2.22. The van der Waals surface area contributed by atoms with Crippen LogP contribution in [0.5, 0.6) is 5.75 Å². The SMILES string of the molecule is O=C(COc1ccccc1Cl)NNC(=O)CN1CCCC1=O. The largest absolute Gasteiger partial charge is 0.482 e. The molecule has 0 saturated carbocycles. The van der Waals surface area contributed by atoms with Gasteiger partial charge in [-0.3, -0.25) is 25.2 Å². The van der Waals surface area contributed by atoms with Gasteiger partial charge in [0.15, 0.2) is 6.61 Å². The maximum atomic E-state index is 11.6. The Bertz CT molecular complexity index is 579. The maximum Gasteiger partial charge on any atom is 0.276 e. The maximum absolute atomic E-state index is 11.6. The summed E-state index contributed by atoms with van der Waals surface area (Å²) in [7, 11) is 0. The standard InChI is InChI=1S/C14H16ClN3O4/c15-10-4-1-2-5-11(10)22-9-13(20)17-16-12(19)8-18-7-3-6-14(18)21/h1-2,4-5H,3,6-9H2,(H,16,19)(H,17,20). The number of benzene rings is 1. The lowest BCUT2D eigenvalue weighted by molar-refractivity contribution is -0.134. The summed E-state index contributed by atoms with van der Waals surface area (Å²) in [6.45, 7) is 0.215. The molecule has 1 aromatic rings. The summed E-state index contributed by atoms with van der Waals surface area (Å²) in [6.07, 6.45) is 1.22. The lowest BCUT2D eigenvalue weighted by atomic mass is 10.3. The van der Waals surface area contributed by atoms with Crippen LogP contribution in [0.1, 0.15) is 12.8 Å². The topological polar surface area (TPSA) is 87.7 Å². The van der Waals surface area contributed by atoms with E-state index in [0.29, 0.717) is 23.7 Å². The molecule has 0 spiro atoms. The number of likely N-dealkylation sites (tertiary alicyclic amines) is 1. The third-order valence-corrected chi connectivity index (χ3v) is 3.35. The first kappa shape index (κ1) is 16.1. The molecule has 1 fully saturated rings. The molecule has 0 unspecified atom stereocenters. The molecule has 0 bridgehead atoms. The predicted molar refractivity (Wildman–Crippen MR) is 79.0 cm³/mol. The fraction of sp³-hybridized carbons (Fsp3) is 0.357. The summed E-state index contributed by atoms with van der Waals surface area (Å²) in [5, 5.41) is 0.395. The third-order valence-electron chi connectivity index (χ3n) is 3.04. The van der Waals surface area contributed by atoms with Crippen molar-refractivity contribution in [2.75, 3.05) is 19.7 Å². The van der Waals surface area contributed by atoms with Crippen LogP contribution in [-0.4, -0.2) is 42.3 Å². The van der Waals surface area contributed by atoms with Crippen LogP contribution in [0.25, 0.3) is 0 Å². The van der Waals surface area contributed by atoms with Gasteiger partial charge in [0.2, 0.25) is 5.91 Å². The quantitative estimate of drug-likeness (QED) is 0.771. The number of hydrogen-bond acceptors (Lipinski definition) is 4. The van der Waals surface area contributed by atoms with E-state index in [9.17, 15) is 14.4 Å². The lowest BCUT2D eigenvalue weighted by Crippen LogP contribution is -2.48. The summed E-state index contributed by atoms with van der Waals surface area (Å²) in [5.41, 5.74) is 4.45. The van der Waals surface area contributed by atoms with E-state index in [4.69, 9.17) is 16.3 Å². The first-order valence-electron chi connectivity index (χ1n) is 6.79. The van der Waals surface area contributed by atoms with Crippen LogP contribution >= 0.6 is 11.6 Å². The molecule has 1 aliphatic rings. The molecular formula is C14H16ClN3O4. The molecule has 0 aromatic heterocycles. The molecule has 8 heteroatoms. The minimum atomic E-state index is -0.527. The van der Waals surface area contributed by atoms with Crippen molar-refractivity contribution in [3.8, 4) is 5.75 Å². The fourth-order valence-corrected chi connectivity index (χ4v) is 2.15. The smallest absolute Gasteiger partial charge is 0.276 e. The number of ether oxygens (including phenoxy) is 1. The number of halogens is 1. The Balaban J connectivity index is 1.68. The molecule has 0 radical (unpaired) electrons. The number of carbonyl (C=O) groups is 3. The molecule has 2 rings (SSSR count). The predicted octanol–water partition coefficient (Wildman–Crippen LogP) is 0.489. The summed E-state index contributed by atoms with van der Waals surface area (Å²) >= 11 is 5.88. The van der Waals surface area contributed by atoms with Gasteiger partial charge in [-0.15, -0.1) is 0 Å². The number of nitrogens with one attached hydrogen (secondary N) is 2. The van der Waals surface area contributed by atoms with Gasteiger partial charge in [0.1, 0.15) is 12.3 Å². The fourth-order valence-electron chi connectivity index (χ4n) is 1.96. The average Bonchev–Trinajstić information content (AvgIpc) is 2.89. The Kier molecular flexibility index (Phi) is 5.60. The molecular weight excluding hydrogens is 310 g/mol. The van der Waals surface area contributed by atoms with E-state index < -0.39 is 11.8 Å². The Labute approximate surface area is 132 Å². The van der Waals surface area contributed by atoms with Gasteiger partial charge >= 0.3 is 0 Å². The van der Waals surface area contributed by atoms with Crippen molar-refractivity contribution < 1.29 is 19.1 Å². The summed E-state index contributed by atoms with van der Waals surface area (Å²) < 4.78 is 5.22. The Morgan fingerprint density at radius 2 is 1.95 bits per heavy atom. The number of nitrogens with zero attached hydrogens (tertiary/aromatic N) is 1. The van der Waals surface area contributed by atoms with Gasteiger partial charge in [0.05, 0.1) is 5.02 Å². The van der Waals surface area contributed by atoms with Crippen molar-refractivity contribution in [2.45, 2.75) is 12.8 Å². The van der Waals surface area contributed by atoms with E-state index in [1.807, 2.05) is 0 Å². The van der Waals surface area contributed by atoms with Gasteiger partial charge in [0, 0.05) is 13.0 Å². The van der Waals surface area contributed by atoms with Crippen LogP contribution < -0.4 is 15.6 Å². The number of amides is 3. The summed E-state index contributed by atoms with van der Waals surface area (Å²) in [6, 6.07) is 6.75. The van der Waals surface area contributed by atoms with E-state index >= 15 is 0 Å². The van der Waals surface area contributed by atoms with Gasteiger partial charge in [-0.25, -0.2) is 0 Å². The Morgan fingerprint density at radius 3 is 2.64 bits per heavy atom. The second kappa shape index (κ2) is 7.65. The molecule has 118 valence electrons. The summed E-state index contributed by atoms with van der Waals surface area (Å²) in [4.78, 5) is 36.0. The van der Waals surface area contributed by atoms with Crippen molar-refractivity contribution in [1.82, 2.24) is 15.8 Å². The molecule has 1 aromatic carbocycles. The lowest BCUT2D eigenvalue weighted by Gasteiger charge is -2.15. The van der Waals surface area contributed by atoms with E-state index in [0.717, 1.165) is 6.42 Å². The van der Waals surface area contributed by atoms with Crippen LogP contribution in [0.15, 0.2) is 24.3 Å². The normalized spacial score (nSPS) is 13.9. The number of carbonyl (C=O) groups excluding carboxylic acids is 3. The van der Waals surface area contributed by atoms with E-state index in [-0.39, 0.29) is 19.1 Å². The van der Waals surface area contributed by atoms with Crippen molar-refractivity contribution in [1.29, 1.82) is 0 Å². The average molecular weight is 326 g/mol. The molecule has 0 atom stereocenters. The Hall–Kier alpha value is -2.28. The molecule has 3 amide bonds. The summed E-state index contributed by atoms with van der Waals surface area (Å²) in [5.74, 6) is -0.654. The minimum absolute atomic E-state index is 0.0523. The first-order chi connectivity index (χ1) is 10.6. The van der Waals surface area contributed by atoms with Gasteiger partial charge in [-0.2, -0.15) is 0 Å². The zero-order chi connectivity index (χ0) is 15.9. The highest BCUT2D eigenvalue weighted by molar-refractivity contribution is 6.32. The van der Waals surface area contributed by atoms with Gasteiger partial charge < -0.3 is 9.64 Å². The number of para-hydroxylation sites is 1. The third kappa shape index (κ3) is 4.63. The highest BCUT2D eigenvalue weighted by Gasteiger charge is 2.22. The van der Waals surface area contributed by atoms with Gasteiger partial charge in [-0.1, -0.05) is 23.7 Å². The minimum Gasteiger partial charge on any atom is -0.482 e. The molecule has 7 nitrogen and oxygen atoms in total. The van der Waals surface area contributed by atoms with Crippen LogP contribution in [-0.2, 0) is 14.4 Å². The van der Waals surface area contributed by atoms with Crippen molar-refractivity contribution in [2.24, 2.45) is 0 Å². The monoisotopic (exact) mass is 325 g/mol. The highest BCUT2D eigenvalue weighted by atomic mass is 35.5. The van der Waals surface area contributed by atoms with E-state index in [2.05, 4.69) is 10.9 Å². The van der Waals surface area contributed by atoms with Crippen LogP contribution in [0.4, 0.5) is 0 Å². The molecule has 2 N–H and O–H groups in total. The molecule has 22 heavy (non-hydrogen) atoms. The van der Waals surface area contributed by atoms with Crippen LogP contribution in [0, 0.1) is 0 Å². The van der Waals surface area contributed by atoms with Gasteiger partial charge in [0.25, 0.3) is 11.8 Å². The number of hydrogen-bond donors (Lipinski definition) is 2. The van der Waals surface area contributed by atoms with Crippen molar-refractivity contribution in [3.63, 3.8) is 0 Å². The zero-order valence-electron chi connectivity index (χ0n) is 11.8. The van der Waals surface area contributed by atoms with Crippen molar-refractivity contribution in [3.05, 3.63) is 29.3 Å². The number of rotatable bonds is 5. The second-order valence-electron chi connectivity index (χ2n) is 4.73. The molecule has 1 saturated heterocycles. The van der Waals surface area contributed by atoms with Crippen LogP contribution in [0.3, 0.4) is 0 Å². The Morgan fingerprint density at radius 1 is 1.23 bits per heavy atom. The van der Waals surface area contributed by atoms with Crippen LogP contribution in [0.2, 0.25) is 5.02 Å². The van der Waals surface area contributed by atoms with Gasteiger partial charge in [-0.05, 0) is 18.6 Å². The van der Waals surface area contributed by atoms with E-state index in [1.54, 1.807) is 24.3 Å². The van der Waals surface area contributed by atoms with Crippen molar-refractivity contribution >= 4 is 29.3 Å². The van der Waals surface area contributed by atoms with E-state index in [1.165, 1.54) is 4.90 Å². The molecule has 1 heterocycles.